The van der Waals surface area contributed by atoms with Crippen LogP contribution in [0.25, 0.3) is 82.1 Å². The Bertz CT molecular complexity index is 2340. The fraction of sp³-hybridized carbons (Fsp3) is 0.0270. The zero-order valence-corrected chi connectivity index (χ0v) is 23.3. The highest BCUT2D eigenvalue weighted by Gasteiger charge is 2.23. The fourth-order valence-electron chi connectivity index (χ4n) is 6.20. The number of allylic oxidation sites excluding steroid dienone is 1. The van der Waals surface area contributed by atoms with E-state index >= 15 is 0 Å². The first-order chi connectivity index (χ1) is 20.3. The van der Waals surface area contributed by atoms with Gasteiger partial charge in [-0.05, 0) is 25.1 Å². The van der Waals surface area contributed by atoms with Crippen LogP contribution in [0.3, 0.4) is 0 Å². The Labute approximate surface area is 241 Å². The molecule has 0 bridgehead atoms. The molecule has 0 saturated carbocycles. The number of para-hydroxylation sites is 1. The molecule has 3 nitrogen and oxygen atoms in total. The van der Waals surface area contributed by atoms with E-state index in [1.54, 1.807) is 0 Å². The van der Waals surface area contributed by atoms with Crippen LogP contribution >= 0.6 is 11.3 Å². The maximum absolute atomic E-state index is 5.29. The number of benzene rings is 5. The van der Waals surface area contributed by atoms with E-state index in [0.717, 1.165) is 33.5 Å². The quantitative estimate of drug-likeness (QED) is 0.221. The molecule has 0 saturated heterocycles. The summed E-state index contributed by atoms with van der Waals surface area (Å²) in [6, 6.07) is 36.5. The van der Waals surface area contributed by atoms with E-state index in [1.165, 1.54) is 41.7 Å². The van der Waals surface area contributed by atoms with Crippen molar-refractivity contribution in [2.45, 2.75) is 6.92 Å². The lowest BCUT2D eigenvalue weighted by molar-refractivity contribution is 0.985. The molecule has 0 N–H and O–H groups in total. The van der Waals surface area contributed by atoms with Gasteiger partial charge >= 0.3 is 0 Å². The van der Waals surface area contributed by atoms with Gasteiger partial charge < -0.3 is 0 Å². The molecule has 5 aromatic carbocycles. The Morgan fingerprint density at radius 3 is 2.17 bits per heavy atom. The number of thiophene rings is 1. The summed E-state index contributed by atoms with van der Waals surface area (Å²) in [5.41, 5.74) is 5.91. The van der Waals surface area contributed by atoms with Crippen molar-refractivity contribution < 1.29 is 0 Å². The van der Waals surface area contributed by atoms with Gasteiger partial charge in [0.1, 0.15) is 0 Å². The lowest BCUT2D eigenvalue weighted by Crippen LogP contribution is -2.06. The van der Waals surface area contributed by atoms with Crippen molar-refractivity contribution >= 4 is 76.2 Å². The van der Waals surface area contributed by atoms with Gasteiger partial charge in [-0.1, -0.05) is 110 Å². The third kappa shape index (κ3) is 3.44. The number of hydrogen-bond donors (Lipinski definition) is 0. The molecule has 3 aromatic heterocycles. The summed E-state index contributed by atoms with van der Waals surface area (Å²) in [6.45, 7) is 6.15. The minimum atomic E-state index is 0.651. The molecule has 0 atom stereocenters. The molecular formula is C37H25N3S. The van der Waals surface area contributed by atoms with Crippen LogP contribution in [-0.4, -0.2) is 14.5 Å². The van der Waals surface area contributed by atoms with Crippen molar-refractivity contribution in [1.29, 1.82) is 0 Å². The summed E-state index contributed by atoms with van der Waals surface area (Å²) in [7, 11) is 0. The topological polar surface area (TPSA) is 30.7 Å². The molecule has 0 radical (unpaired) electrons. The third-order valence-corrected chi connectivity index (χ3v) is 9.09. The van der Waals surface area contributed by atoms with Crippen LogP contribution in [0.2, 0.25) is 0 Å². The SMILES string of the molecule is C=Cc1c(/C=C\C)nc(-n2c3ccccc3c3c4c5ccccc5sc4c4ccccc4c32)nc1-c1ccccc1. The molecule has 0 aliphatic rings. The van der Waals surface area contributed by atoms with Crippen LogP contribution < -0.4 is 0 Å². The number of fused-ring (bicyclic) bond motifs is 10. The Hall–Kier alpha value is -5.06. The summed E-state index contributed by atoms with van der Waals surface area (Å²) >= 11 is 1.87. The lowest BCUT2D eigenvalue weighted by atomic mass is 10.00. The fourth-order valence-corrected chi connectivity index (χ4v) is 7.45. The smallest absolute Gasteiger partial charge is 0.235 e. The first-order valence-corrected chi connectivity index (χ1v) is 14.6. The molecule has 41 heavy (non-hydrogen) atoms. The Balaban J connectivity index is 1.63. The highest BCUT2D eigenvalue weighted by atomic mass is 32.1. The van der Waals surface area contributed by atoms with Crippen molar-refractivity contribution in [2.24, 2.45) is 0 Å². The Morgan fingerprint density at radius 1 is 0.707 bits per heavy atom. The third-order valence-electron chi connectivity index (χ3n) is 7.89. The summed E-state index contributed by atoms with van der Waals surface area (Å²) in [6.07, 6.45) is 5.94. The maximum Gasteiger partial charge on any atom is 0.235 e. The van der Waals surface area contributed by atoms with E-state index in [9.17, 15) is 0 Å². The van der Waals surface area contributed by atoms with Gasteiger partial charge in [-0.2, -0.15) is 0 Å². The van der Waals surface area contributed by atoms with E-state index in [4.69, 9.17) is 9.97 Å². The monoisotopic (exact) mass is 543 g/mol. The maximum atomic E-state index is 5.29. The van der Waals surface area contributed by atoms with Gasteiger partial charge in [0.15, 0.2) is 0 Å². The van der Waals surface area contributed by atoms with E-state index in [2.05, 4.69) is 96.1 Å². The van der Waals surface area contributed by atoms with Gasteiger partial charge in [-0.25, -0.2) is 9.97 Å². The average molecular weight is 544 g/mol. The van der Waals surface area contributed by atoms with Crippen LogP contribution in [0, 0.1) is 0 Å². The highest BCUT2D eigenvalue weighted by molar-refractivity contribution is 7.27. The molecule has 194 valence electrons. The zero-order valence-electron chi connectivity index (χ0n) is 22.5. The molecule has 0 fully saturated rings. The second-order valence-corrected chi connectivity index (χ2v) is 11.2. The van der Waals surface area contributed by atoms with Gasteiger partial charge in [-0.15, -0.1) is 11.3 Å². The second-order valence-electron chi connectivity index (χ2n) is 10.2. The van der Waals surface area contributed by atoms with Crippen molar-refractivity contribution in [2.75, 3.05) is 0 Å². The van der Waals surface area contributed by atoms with Crippen molar-refractivity contribution in [1.82, 2.24) is 14.5 Å². The highest BCUT2D eigenvalue weighted by Crippen LogP contribution is 2.47. The van der Waals surface area contributed by atoms with Gasteiger partial charge in [-0.3, -0.25) is 4.57 Å². The van der Waals surface area contributed by atoms with Crippen molar-refractivity contribution in [3.8, 4) is 17.2 Å². The minimum absolute atomic E-state index is 0.651. The Morgan fingerprint density at radius 2 is 1.39 bits per heavy atom. The molecule has 0 amide bonds. The van der Waals surface area contributed by atoms with Crippen LogP contribution in [0.4, 0.5) is 0 Å². The molecule has 0 aliphatic carbocycles. The summed E-state index contributed by atoms with van der Waals surface area (Å²) in [4.78, 5) is 10.5. The molecule has 3 heterocycles. The largest absolute Gasteiger partial charge is 0.277 e. The number of rotatable bonds is 4. The predicted molar refractivity (Wildman–Crippen MR) is 177 cm³/mol. The second kappa shape index (κ2) is 9.26. The number of hydrogen-bond acceptors (Lipinski definition) is 3. The summed E-state index contributed by atoms with van der Waals surface area (Å²) < 4.78 is 4.88. The van der Waals surface area contributed by atoms with E-state index in [-0.39, 0.29) is 0 Å². The normalized spacial score (nSPS) is 12.0. The van der Waals surface area contributed by atoms with Gasteiger partial charge in [0.25, 0.3) is 0 Å². The number of aromatic nitrogens is 3. The average Bonchev–Trinajstić information content (AvgIpc) is 3.58. The molecule has 0 spiro atoms. The zero-order chi connectivity index (χ0) is 27.5. The van der Waals surface area contributed by atoms with Crippen LogP contribution in [-0.2, 0) is 0 Å². The lowest BCUT2D eigenvalue weighted by Gasteiger charge is -2.14. The van der Waals surface area contributed by atoms with Crippen molar-refractivity contribution in [3.63, 3.8) is 0 Å². The molecule has 8 aromatic rings. The van der Waals surface area contributed by atoms with Gasteiger partial charge in [0.2, 0.25) is 5.95 Å². The first-order valence-electron chi connectivity index (χ1n) is 13.8. The van der Waals surface area contributed by atoms with Crippen molar-refractivity contribution in [3.05, 3.63) is 127 Å². The molecule has 0 unspecified atom stereocenters. The van der Waals surface area contributed by atoms with E-state index in [0.29, 0.717) is 5.95 Å². The van der Waals surface area contributed by atoms with Gasteiger partial charge in [0, 0.05) is 52.8 Å². The first kappa shape index (κ1) is 23.8. The summed E-state index contributed by atoms with van der Waals surface area (Å²) in [5.74, 6) is 0.651. The predicted octanol–water partition coefficient (Wildman–Crippen LogP) is 10.4. The van der Waals surface area contributed by atoms with E-state index < -0.39 is 0 Å². The van der Waals surface area contributed by atoms with Crippen LogP contribution in [0.5, 0.6) is 0 Å². The van der Waals surface area contributed by atoms with Crippen LogP contribution in [0.1, 0.15) is 18.2 Å². The minimum Gasteiger partial charge on any atom is -0.277 e. The van der Waals surface area contributed by atoms with Crippen LogP contribution in [0.15, 0.2) is 116 Å². The molecule has 4 heteroatoms. The molecular weight excluding hydrogens is 518 g/mol. The summed E-state index contributed by atoms with van der Waals surface area (Å²) in [5, 5.41) is 7.48. The molecule has 0 aliphatic heterocycles. The Kier molecular flexibility index (Phi) is 5.37. The molecule has 8 rings (SSSR count). The van der Waals surface area contributed by atoms with E-state index in [1.807, 2.05) is 54.7 Å². The number of nitrogens with zero attached hydrogens (tertiary/aromatic N) is 3. The van der Waals surface area contributed by atoms with Gasteiger partial charge in [0.05, 0.1) is 22.4 Å². The standard InChI is InChI=1S/C37H25N3S/c1-3-14-29-24(4-2)34(23-15-6-5-7-16-23)39-37(38-29)40-30-21-12-10-19-27(30)32-33-28-20-11-13-22-31(28)41-36(33)26-18-9-8-17-25(26)35(32)40/h3-22H,2H2,1H3/b14-3-.